The molecule has 0 radical (unpaired) electrons. The summed E-state index contributed by atoms with van der Waals surface area (Å²) in [6.07, 6.45) is 0. The van der Waals surface area contributed by atoms with E-state index in [2.05, 4.69) is 0 Å². The van der Waals surface area contributed by atoms with Gasteiger partial charge in [-0.3, -0.25) is 10.1 Å². The van der Waals surface area contributed by atoms with Crippen LogP contribution in [-0.4, -0.2) is 4.92 Å². The summed E-state index contributed by atoms with van der Waals surface area (Å²) in [5, 5.41) is 10.5. The van der Waals surface area contributed by atoms with Crippen LogP contribution in [0.15, 0.2) is 42.5 Å². The summed E-state index contributed by atoms with van der Waals surface area (Å²) < 4.78 is 18.6. The third kappa shape index (κ3) is 3.28. The summed E-state index contributed by atoms with van der Waals surface area (Å²) in [7, 11) is 0. The number of halogens is 1. The number of nitrogens with zero attached hydrogens (tertiary/aromatic N) is 1. The fraction of sp³-hybridized carbons (Fsp3) is 0.143. The number of nitro benzene ring substituents is 1. The van der Waals surface area contributed by atoms with Crippen molar-refractivity contribution in [3.63, 3.8) is 0 Å². The maximum atomic E-state index is 13.1. The third-order valence-electron chi connectivity index (χ3n) is 2.69. The van der Waals surface area contributed by atoms with Crippen molar-refractivity contribution < 1.29 is 14.1 Å². The fourth-order valence-electron chi connectivity index (χ4n) is 1.60. The molecule has 0 aromatic heterocycles. The third-order valence-corrected chi connectivity index (χ3v) is 2.69. The number of aryl methyl sites for hydroxylation is 1. The van der Waals surface area contributed by atoms with Crippen LogP contribution in [-0.2, 0) is 6.61 Å². The predicted octanol–water partition coefficient (Wildman–Crippen LogP) is 3.62. The molecule has 0 N–H and O–H groups in total. The Morgan fingerprint density at radius 1 is 1.21 bits per heavy atom. The lowest BCUT2D eigenvalue weighted by Gasteiger charge is -2.09. The first kappa shape index (κ1) is 13.0. The van der Waals surface area contributed by atoms with E-state index < -0.39 is 4.92 Å². The molecule has 19 heavy (non-hydrogen) atoms. The first-order valence-electron chi connectivity index (χ1n) is 5.68. The van der Waals surface area contributed by atoms with Crippen molar-refractivity contribution in [3.8, 4) is 5.75 Å². The maximum Gasteiger partial charge on any atom is 0.269 e. The Hall–Kier alpha value is -2.43. The first-order valence-corrected chi connectivity index (χ1v) is 5.68. The molecule has 4 nitrogen and oxygen atoms in total. The average molecular weight is 261 g/mol. The van der Waals surface area contributed by atoms with E-state index in [0.717, 1.165) is 11.1 Å². The monoisotopic (exact) mass is 261 g/mol. The van der Waals surface area contributed by atoms with E-state index in [1.54, 1.807) is 18.2 Å². The minimum atomic E-state index is -0.457. The molecular formula is C14H12FNO3. The molecule has 0 heterocycles. The Kier molecular flexibility index (Phi) is 3.75. The van der Waals surface area contributed by atoms with Crippen molar-refractivity contribution in [2.24, 2.45) is 0 Å². The lowest BCUT2D eigenvalue weighted by Crippen LogP contribution is -1.98. The molecule has 2 aromatic carbocycles. The van der Waals surface area contributed by atoms with E-state index in [4.69, 9.17) is 4.74 Å². The van der Waals surface area contributed by atoms with Crippen LogP contribution in [0.4, 0.5) is 10.1 Å². The molecule has 0 saturated heterocycles. The van der Waals surface area contributed by atoms with Crippen LogP contribution < -0.4 is 4.74 Å². The van der Waals surface area contributed by atoms with Gasteiger partial charge >= 0.3 is 0 Å². The molecule has 0 unspecified atom stereocenters. The Balaban J connectivity index is 2.06. The minimum Gasteiger partial charge on any atom is -0.489 e. The molecular weight excluding hydrogens is 249 g/mol. The Bertz CT molecular complexity index is 596. The number of rotatable bonds is 4. The second kappa shape index (κ2) is 5.48. The molecule has 0 spiro atoms. The maximum absolute atomic E-state index is 13.1. The second-order valence-electron chi connectivity index (χ2n) is 4.12. The van der Waals surface area contributed by atoms with Crippen LogP contribution in [0.2, 0.25) is 0 Å². The van der Waals surface area contributed by atoms with Crippen molar-refractivity contribution in [1.29, 1.82) is 0 Å². The summed E-state index contributed by atoms with van der Waals surface area (Å²) in [5.74, 6) is 0.114. The molecule has 2 aromatic rings. The lowest BCUT2D eigenvalue weighted by molar-refractivity contribution is -0.384. The molecule has 0 aliphatic heterocycles. The molecule has 98 valence electrons. The van der Waals surface area contributed by atoms with Crippen LogP contribution >= 0.6 is 0 Å². The predicted molar refractivity (Wildman–Crippen MR) is 68.6 cm³/mol. The summed E-state index contributed by atoms with van der Waals surface area (Å²) in [6.45, 7) is 2.06. The highest BCUT2D eigenvalue weighted by atomic mass is 19.1. The zero-order chi connectivity index (χ0) is 13.8. The van der Waals surface area contributed by atoms with Gasteiger partial charge in [0.05, 0.1) is 4.92 Å². The molecule has 0 fully saturated rings. The topological polar surface area (TPSA) is 52.4 Å². The smallest absolute Gasteiger partial charge is 0.269 e. The largest absolute Gasteiger partial charge is 0.489 e. The van der Waals surface area contributed by atoms with Crippen molar-refractivity contribution in [2.75, 3.05) is 0 Å². The lowest BCUT2D eigenvalue weighted by atomic mass is 10.2. The Morgan fingerprint density at radius 3 is 2.53 bits per heavy atom. The molecule has 0 atom stereocenters. The van der Waals surface area contributed by atoms with Gasteiger partial charge in [-0.15, -0.1) is 0 Å². The Morgan fingerprint density at radius 2 is 1.89 bits per heavy atom. The van der Waals surface area contributed by atoms with Gasteiger partial charge in [0.2, 0.25) is 0 Å². The molecule has 0 aliphatic rings. The van der Waals surface area contributed by atoms with E-state index in [9.17, 15) is 14.5 Å². The van der Waals surface area contributed by atoms with Crippen molar-refractivity contribution in [3.05, 3.63) is 69.5 Å². The van der Waals surface area contributed by atoms with E-state index in [1.807, 2.05) is 6.92 Å². The van der Waals surface area contributed by atoms with Gasteiger partial charge in [-0.25, -0.2) is 4.39 Å². The van der Waals surface area contributed by atoms with E-state index in [1.165, 1.54) is 24.3 Å². The normalized spacial score (nSPS) is 10.2. The molecule has 0 amide bonds. The first-order chi connectivity index (χ1) is 9.06. The van der Waals surface area contributed by atoms with Crippen LogP contribution in [0.3, 0.4) is 0 Å². The van der Waals surface area contributed by atoms with Crippen LogP contribution in [0.1, 0.15) is 11.1 Å². The highest BCUT2D eigenvalue weighted by Gasteiger charge is 2.05. The average Bonchev–Trinajstić information content (AvgIpc) is 2.40. The molecule has 0 aliphatic carbocycles. The molecule has 0 saturated carbocycles. The van der Waals surface area contributed by atoms with Gasteiger partial charge < -0.3 is 4.74 Å². The van der Waals surface area contributed by atoms with Gasteiger partial charge in [0.15, 0.2) is 0 Å². The fourth-order valence-corrected chi connectivity index (χ4v) is 1.60. The quantitative estimate of drug-likeness (QED) is 0.624. The van der Waals surface area contributed by atoms with Gasteiger partial charge in [0.1, 0.15) is 18.2 Å². The minimum absolute atomic E-state index is 0.0330. The molecule has 5 heteroatoms. The van der Waals surface area contributed by atoms with E-state index >= 15 is 0 Å². The number of non-ortho nitro benzene ring substituents is 1. The van der Waals surface area contributed by atoms with E-state index in [0.29, 0.717) is 5.75 Å². The summed E-state index contributed by atoms with van der Waals surface area (Å²) in [5.41, 5.74) is 1.66. The van der Waals surface area contributed by atoms with Crippen molar-refractivity contribution >= 4 is 5.69 Å². The standard InChI is InChI=1S/C14H12FNO3/c1-10-2-5-12(15)8-14(10)19-9-11-3-6-13(7-4-11)16(17)18/h2-8H,9H2,1H3. The zero-order valence-corrected chi connectivity index (χ0v) is 10.3. The highest BCUT2D eigenvalue weighted by Crippen LogP contribution is 2.20. The number of benzene rings is 2. The van der Waals surface area contributed by atoms with Gasteiger partial charge in [0.25, 0.3) is 5.69 Å². The van der Waals surface area contributed by atoms with Crippen LogP contribution in [0, 0.1) is 22.9 Å². The van der Waals surface area contributed by atoms with Crippen molar-refractivity contribution in [1.82, 2.24) is 0 Å². The van der Waals surface area contributed by atoms with Gasteiger partial charge in [-0.1, -0.05) is 6.07 Å². The second-order valence-corrected chi connectivity index (χ2v) is 4.12. The highest BCUT2D eigenvalue weighted by molar-refractivity contribution is 5.35. The number of nitro groups is 1. The molecule has 2 rings (SSSR count). The van der Waals surface area contributed by atoms with Crippen molar-refractivity contribution in [2.45, 2.75) is 13.5 Å². The van der Waals surface area contributed by atoms with Gasteiger partial charge in [-0.2, -0.15) is 0 Å². The number of hydrogen-bond donors (Lipinski definition) is 0. The van der Waals surface area contributed by atoms with E-state index in [-0.39, 0.29) is 18.1 Å². The van der Waals surface area contributed by atoms with Gasteiger partial charge in [-0.05, 0) is 36.2 Å². The summed E-state index contributed by atoms with van der Waals surface area (Å²) in [6, 6.07) is 10.4. The van der Waals surface area contributed by atoms with Gasteiger partial charge in [0, 0.05) is 18.2 Å². The van der Waals surface area contributed by atoms with Crippen LogP contribution in [0.5, 0.6) is 5.75 Å². The summed E-state index contributed by atoms with van der Waals surface area (Å²) in [4.78, 5) is 10.0. The Labute approximate surface area is 109 Å². The summed E-state index contributed by atoms with van der Waals surface area (Å²) >= 11 is 0. The van der Waals surface area contributed by atoms with Crippen LogP contribution in [0.25, 0.3) is 0 Å². The zero-order valence-electron chi connectivity index (χ0n) is 10.3. The SMILES string of the molecule is Cc1ccc(F)cc1OCc1ccc([N+](=O)[O-])cc1. The molecule has 0 bridgehead atoms. The number of hydrogen-bond acceptors (Lipinski definition) is 3. The number of ether oxygens (including phenoxy) is 1.